The van der Waals surface area contributed by atoms with Gasteiger partial charge >= 0.3 is 23.1 Å². The third kappa shape index (κ3) is 6.09. The van der Waals surface area contributed by atoms with Gasteiger partial charge in [0.1, 0.15) is 0 Å². The maximum atomic E-state index is 12.1. The molecule has 0 N–H and O–H groups in total. The quantitative estimate of drug-likeness (QED) is 0.595. The van der Waals surface area contributed by atoms with Crippen molar-refractivity contribution in [3.8, 4) is 0 Å². The first-order valence-electron chi connectivity index (χ1n) is 9.50. The minimum Gasteiger partial charge on any atom is -1.00 e. The van der Waals surface area contributed by atoms with Crippen LogP contribution in [-0.2, 0) is 4.43 Å². The minimum atomic E-state index is -1.68. The Balaban J connectivity index is 0.00000312. The largest absolute Gasteiger partial charge is 2.00 e. The van der Waals surface area contributed by atoms with Gasteiger partial charge in [-0.3, -0.25) is 0 Å². The first-order valence-corrected chi connectivity index (χ1v) is 12.0. The Bertz CT molecular complexity index is 550. The fraction of sp³-hybridized carbons (Fsp3) is 0.619. The molecule has 0 unspecified atom stereocenters. The average Bonchev–Trinajstić information content (AvgIpc) is 2.60. The van der Waals surface area contributed by atoms with Gasteiger partial charge < -0.3 is 26.5 Å². The van der Waals surface area contributed by atoms with E-state index < -0.39 is 8.32 Å². The summed E-state index contributed by atoms with van der Waals surface area (Å²) in [5.74, 6) is 0.801. The summed E-state index contributed by atoms with van der Waals surface area (Å²) in [5.41, 5.74) is 1.04. The van der Waals surface area contributed by atoms with Crippen molar-refractivity contribution >= 4 is 31.4 Å². The predicted molar refractivity (Wildman–Crippen MR) is 108 cm³/mol. The molecule has 5 heteroatoms. The second kappa shape index (κ2) is 11.2. The van der Waals surface area contributed by atoms with E-state index in [2.05, 4.69) is 58.9 Å². The standard InChI is InChI=1S/C21H34O2Si.BrH.Mg/c1-6-24(7-2,8-3)23-21(4,5)20-15-14-18(22)16-19(20)17-12-10-9-11-13-17;;/h9-13,16,19-20,22H,6-8,14-15H2,1-5H3;1H;/q;;+2/p-2/t19-,20+;;/m0../s1. The normalized spacial score (nSPS) is 20.6. The summed E-state index contributed by atoms with van der Waals surface area (Å²) in [7, 11) is -1.68. The monoisotopic (exact) mass is 448 g/mol. The van der Waals surface area contributed by atoms with Crippen molar-refractivity contribution in [1.82, 2.24) is 0 Å². The van der Waals surface area contributed by atoms with Gasteiger partial charge in [-0.25, -0.2) is 0 Å². The van der Waals surface area contributed by atoms with Gasteiger partial charge in [0.2, 0.25) is 0 Å². The van der Waals surface area contributed by atoms with Gasteiger partial charge in [0, 0.05) is 5.92 Å². The van der Waals surface area contributed by atoms with Crippen LogP contribution < -0.4 is 22.1 Å². The zero-order valence-electron chi connectivity index (χ0n) is 17.1. The van der Waals surface area contributed by atoms with Crippen LogP contribution in [0.3, 0.4) is 0 Å². The molecule has 2 rings (SSSR count). The Hall–Kier alpha value is 0.183. The molecule has 0 aliphatic heterocycles. The van der Waals surface area contributed by atoms with Crippen LogP contribution in [0.4, 0.5) is 0 Å². The molecule has 0 aromatic heterocycles. The number of benzene rings is 1. The summed E-state index contributed by atoms with van der Waals surface area (Å²) in [6.07, 6.45) is 3.52. The smallest absolute Gasteiger partial charge is 1.00 e. The van der Waals surface area contributed by atoms with Gasteiger partial charge in [0.15, 0.2) is 8.32 Å². The van der Waals surface area contributed by atoms with E-state index in [9.17, 15) is 5.11 Å². The molecule has 0 amide bonds. The molecular weight excluding hydrogens is 417 g/mol. The summed E-state index contributed by atoms with van der Waals surface area (Å²) < 4.78 is 6.91. The van der Waals surface area contributed by atoms with E-state index in [-0.39, 0.29) is 57.3 Å². The number of hydrogen-bond donors (Lipinski definition) is 0. The molecule has 0 saturated carbocycles. The Morgan fingerprint density at radius 2 is 1.62 bits per heavy atom. The molecule has 0 bridgehead atoms. The van der Waals surface area contributed by atoms with E-state index in [1.165, 1.54) is 5.56 Å². The first kappa shape index (κ1) is 26.2. The summed E-state index contributed by atoms with van der Waals surface area (Å²) in [6.45, 7) is 11.3. The van der Waals surface area contributed by atoms with E-state index >= 15 is 0 Å². The second-order valence-electron chi connectivity index (χ2n) is 7.66. The van der Waals surface area contributed by atoms with Crippen LogP contribution in [0.15, 0.2) is 42.2 Å². The van der Waals surface area contributed by atoms with Crippen LogP contribution in [0, 0.1) is 5.92 Å². The van der Waals surface area contributed by atoms with Crippen LogP contribution in [0.1, 0.15) is 58.9 Å². The van der Waals surface area contributed by atoms with E-state index in [0.717, 1.165) is 24.6 Å². The molecule has 2 atom stereocenters. The molecule has 0 saturated heterocycles. The zero-order valence-corrected chi connectivity index (χ0v) is 21.1. The molecule has 0 fully saturated rings. The van der Waals surface area contributed by atoms with Crippen molar-refractivity contribution in [2.75, 3.05) is 0 Å². The van der Waals surface area contributed by atoms with Gasteiger partial charge in [0.05, 0.1) is 5.60 Å². The SMILES string of the molecule is CC[Si](CC)(CC)OC(C)(C)[C@@H]1CCC([O-])=C[C@H]1c1ccccc1.[Br-].[Mg+2]. The van der Waals surface area contributed by atoms with Gasteiger partial charge in [-0.05, 0) is 56.3 Å². The summed E-state index contributed by atoms with van der Waals surface area (Å²) >= 11 is 0. The van der Waals surface area contributed by atoms with Crippen molar-refractivity contribution in [2.24, 2.45) is 5.92 Å². The fourth-order valence-electron chi connectivity index (χ4n) is 4.26. The van der Waals surface area contributed by atoms with Crippen LogP contribution in [0.5, 0.6) is 0 Å². The van der Waals surface area contributed by atoms with E-state index in [0.29, 0.717) is 12.3 Å². The topological polar surface area (TPSA) is 32.3 Å². The fourth-order valence-corrected chi connectivity index (χ4v) is 7.46. The summed E-state index contributed by atoms with van der Waals surface area (Å²) in [4.78, 5) is 0. The number of allylic oxidation sites excluding steroid dienone is 2. The van der Waals surface area contributed by atoms with Crippen molar-refractivity contribution in [3.05, 3.63) is 47.7 Å². The zero-order chi connectivity index (χ0) is 17.8. The molecule has 0 heterocycles. The van der Waals surface area contributed by atoms with E-state index in [4.69, 9.17) is 4.43 Å². The number of hydrogen-bond acceptors (Lipinski definition) is 2. The summed E-state index contributed by atoms with van der Waals surface area (Å²) in [6, 6.07) is 13.9. The van der Waals surface area contributed by atoms with Gasteiger partial charge in [-0.15, -0.1) is 5.76 Å². The van der Waals surface area contributed by atoms with E-state index in [1.807, 2.05) is 12.1 Å². The van der Waals surface area contributed by atoms with Crippen LogP contribution >= 0.6 is 0 Å². The van der Waals surface area contributed by atoms with E-state index in [1.54, 1.807) is 0 Å². The predicted octanol–water partition coefficient (Wildman–Crippen LogP) is 1.85. The summed E-state index contributed by atoms with van der Waals surface area (Å²) in [5, 5.41) is 12.1. The van der Waals surface area contributed by atoms with Crippen LogP contribution in [0.2, 0.25) is 18.1 Å². The maximum Gasteiger partial charge on any atom is 2.00 e. The number of halogens is 1. The minimum absolute atomic E-state index is 0. The molecule has 1 aromatic carbocycles. The molecule has 142 valence electrons. The Morgan fingerprint density at radius 3 is 2.12 bits per heavy atom. The van der Waals surface area contributed by atoms with Gasteiger partial charge in [-0.1, -0.05) is 57.2 Å². The Labute approximate surface area is 187 Å². The second-order valence-corrected chi connectivity index (χ2v) is 12.4. The van der Waals surface area contributed by atoms with Crippen LogP contribution in [0.25, 0.3) is 0 Å². The molecule has 2 nitrogen and oxygen atoms in total. The van der Waals surface area contributed by atoms with Crippen molar-refractivity contribution < 1.29 is 26.5 Å². The average molecular weight is 450 g/mol. The van der Waals surface area contributed by atoms with Gasteiger partial charge in [0.25, 0.3) is 0 Å². The molecule has 26 heavy (non-hydrogen) atoms. The molecule has 1 aromatic rings. The molecular formula is C21H33BrMgO2Si. The van der Waals surface area contributed by atoms with Crippen molar-refractivity contribution in [2.45, 2.75) is 77.1 Å². The molecule has 0 spiro atoms. The molecule has 1 aliphatic rings. The van der Waals surface area contributed by atoms with Crippen LogP contribution in [-0.4, -0.2) is 37.0 Å². The number of rotatable bonds is 7. The van der Waals surface area contributed by atoms with Gasteiger partial charge in [-0.2, -0.15) is 0 Å². The Kier molecular flexibility index (Phi) is 11.3. The Morgan fingerprint density at radius 1 is 1.08 bits per heavy atom. The first-order chi connectivity index (χ1) is 11.4. The third-order valence-electron chi connectivity index (χ3n) is 5.99. The maximum absolute atomic E-state index is 12.1. The van der Waals surface area contributed by atoms with Crippen molar-refractivity contribution in [3.63, 3.8) is 0 Å². The third-order valence-corrected chi connectivity index (χ3v) is 10.8. The van der Waals surface area contributed by atoms with Crippen molar-refractivity contribution in [1.29, 1.82) is 0 Å². The molecule has 1 aliphatic carbocycles. The molecule has 0 radical (unpaired) electrons.